The Morgan fingerprint density at radius 1 is 1.29 bits per heavy atom. The van der Waals surface area contributed by atoms with Crippen LogP contribution in [0.15, 0.2) is 59.3 Å². The van der Waals surface area contributed by atoms with Gasteiger partial charge in [-0.05, 0) is 54.7 Å². The summed E-state index contributed by atoms with van der Waals surface area (Å²) in [5, 5.41) is 7.19. The van der Waals surface area contributed by atoms with Crippen molar-refractivity contribution in [2.24, 2.45) is 11.5 Å². The summed E-state index contributed by atoms with van der Waals surface area (Å²) in [7, 11) is 7.83. The van der Waals surface area contributed by atoms with Crippen LogP contribution in [0.25, 0.3) is 5.70 Å². The fourth-order valence-electron chi connectivity index (χ4n) is 5.15. The first-order valence-electron chi connectivity index (χ1n) is 12.0. The second-order valence-corrected chi connectivity index (χ2v) is 9.52. The number of hydrogen-bond donors (Lipinski definition) is 3. The van der Waals surface area contributed by atoms with Crippen LogP contribution in [0.1, 0.15) is 25.3 Å². The number of benzene rings is 1. The molecule has 0 aromatic heterocycles. The molecule has 7 nitrogen and oxygen atoms in total. The fraction of sp³-hybridized carbons (Fsp3) is 0.462. The maximum absolute atomic E-state index is 14.8. The van der Waals surface area contributed by atoms with Gasteiger partial charge < -0.3 is 21.0 Å². The number of hydrogen-bond acceptors (Lipinski definition) is 7. The Labute approximate surface area is 202 Å². The third-order valence-corrected chi connectivity index (χ3v) is 7.27. The standard InChI is InChI=1S/C26H38FN7/c1-17(18-9-11-24-20(13-18)15-31(3)33(24)5)25(19-8-10-23(30-2)22(27)14-19)32(4)26(29)34-12-6-7-21(28)16-34/h8-11,13-15,21,24,26,30H,6-7,12,16,28-29H2,1-5H3/b25-17+. The maximum atomic E-state index is 14.8. The SMILES string of the molecule is CNc1ccc(/C(=C(/C)C2=CC3=CN(C)N(C)C3C=C2)N(C)C(N)N2CCCC(N)C2)cc1F. The zero-order chi connectivity index (χ0) is 24.6. The molecule has 0 saturated carbocycles. The first kappa shape index (κ1) is 24.5. The van der Waals surface area contributed by atoms with Crippen molar-refractivity contribution in [1.29, 1.82) is 0 Å². The van der Waals surface area contributed by atoms with Crippen molar-refractivity contribution >= 4 is 11.4 Å². The van der Waals surface area contributed by atoms with Crippen LogP contribution in [0.2, 0.25) is 0 Å². The lowest BCUT2D eigenvalue weighted by molar-refractivity contribution is 0.0764. The molecule has 2 aliphatic heterocycles. The molecule has 3 unspecified atom stereocenters. The van der Waals surface area contributed by atoms with Gasteiger partial charge >= 0.3 is 0 Å². The number of fused-ring (bicyclic) bond motifs is 1. The van der Waals surface area contributed by atoms with Crippen molar-refractivity contribution < 1.29 is 4.39 Å². The van der Waals surface area contributed by atoms with Crippen molar-refractivity contribution in [2.45, 2.75) is 38.1 Å². The highest BCUT2D eigenvalue weighted by molar-refractivity contribution is 5.74. The van der Waals surface area contributed by atoms with E-state index < -0.39 is 0 Å². The highest BCUT2D eigenvalue weighted by Gasteiger charge is 2.30. The van der Waals surface area contributed by atoms with Gasteiger partial charge in [0, 0.05) is 64.8 Å². The van der Waals surface area contributed by atoms with Gasteiger partial charge in [0.2, 0.25) is 0 Å². The van der Waals surface area contributed by atoms with E-state index in [1.54, 1.807) is 19.2 Å². The fourth-order valence-corrected chi connectivity index (χ4v) is 5.15. The molecule has 1 aliphatic carbocycles. The molecule has 3 atom stereocenters. The van der Waals surface area contributed by atoms with Gasteiger partial charge in [-0.3, -0.25) is 10.6 Å². The first-order valence-corrected chi connectivity index (χ1v) is 12.0. The van der Waals surface area contributed by atoms with E-state index in [9.17, 15) is 4.39 Å². The van der Waals surface area contributed by atoms with Gasteiger partial charge in [-0.15, -0.1) is 0 Å². The Bertz CT molecular complexity index is 1040. The smallest absolute Gasteiger partial charge is 0.146 e. The number of halogens is 1. The van der Waals surface area contributed by atoms with Gasteiger partial charge in [0.15, 0.2) is 0 Å². The first-order chi connectivity index (χ1) is 16.2. The summed E-state index contributed by atoms with van der Waals surface area (Å²) >= 11 is 0. The number of nitrogens with one attached hydrogen (secondary N) is 1. The molecule has 1 aromatic rings. The number of likely N-dealkylation sites (tertiary alicyclic amines) is 1. The van der Waals surface area contributed by atoms with E-state index in [1.807, 2.05) is 20.2 Å². The monoisotopic (exact) mass is 467 g/mol. The minimum Gasteiger partial charge on any atom is -0.386 e. The number of rotatable bonds is 6. The van der Waals surface area contributed by atoms with Gasteiger partial charge in [0.05, 0.1) is 11.7 Å². The van der Waals surface area contributed by atoms with Crippen LogP contribution in [0.5, 0.6) is 0 Å². The van der Waals surface area contributed by atoms with E-state index in [4.69, 9.17) is 11.5 Å². The quantitative estimate of drug-likeness (QED) is 0.556. The van der Waals surface area contributed by atoms with E-state index in [1.165, 1.54) is 5.57 Å². The molecule has 34 heavy (non-hydrogen) atoms. The lowest BCUT2D eigenvalue weighted by Crippen LogP contribution is -2.57. The molecule has 1 saturated heterocycles. The van der Waals surface area contributed by atoms with Crippen molar-refractivity contribution in [3.8, 4) is 0 Å². The third kappa shape index (κ3) is 4.63. The lowest BCUT2D eigenvalue weighted by atomic mass is 9.92. The normalized spacial score (nSPS) is 24.9. The largest absolute Gasteiger partial charge is 0.386 e. The topological polar surface area (TPSA) is 77.0 Å². The number of nitrogens with two attached hydrogens (primary N) is 2. The molecule has 5 N–H and O–H groups in total. The molecule has 0 bridgehead atoms. The zero-order valence-electron chi connectivity index (χ0n) is 20.9. The molecule has 3 aliphatic rings. The van der Waals surface area contributed by atoms with Crippen LogP contribution in [-0.4, -0.2) is 79.5 Å². The molecule has 1 aromatic carbocycles. The summed E-state index contributed by atoms with van der Waals surface area (Å²) in [5.74, 6) is -0.290. The molecular formula is C26H38FN7. The van der Waals surface area contributed by atoms with Crippen molar-refractivity contribution in [3.63, 3.8) is 0 Å². The van der Waals surface area contributed by atoms with Gasteiger partial charge in [-0.1, -0.05) is 18.2 Å². The molecule has 2 heterocycles. The van der Waals surface area contributed by atoms with E-state index in [0.717, 1.165) is 48.3 Å². The summed E-state index contributed by atoms with van der Waals surface area (Å²) in [6.07, 6.45) is 10.4. The molecule has 0 radical (unpaired) electrons. The number of allylic oxidation sites excluding steroid dienone is 3. The Hall–Kier alpha value is -2.65. The summed E-state index contributed by atoms with van der Waals surface area (Å²) < 4.78 is 14.8. The predicted octanol–water partition coefficient (Wildman–Crippen LogP) is 2.74. The average Bonchev–Trinajstić information content (AvgIpc) is 3.11. The van der Waals surface area contributed by atoms with E-state index in [-0.39, 0.29) is 24.2 Å². The maximum Gasteiger partial charge on any atom is 0.146 e. The minimum atomic E-state index is -0.368. The average molecular weight is 468 g/mol. The molecular weight excluding hydrogens is 429 g/mol. The number of hydrazine groups is 1. The van der Waals surface area contributed by atoms with Crippen molar-refractivity contribution in [3.05, 3.63) is 70.7 Å². The third-order valence-electron chi connectivity index (χ3n) is 7.27. The van der Waals surface area contributed by atoms with Crippen LogP contribution in [0.4, 0.5) is 10.1 Å². The van der Waals surface area contributed by atoms with Crippen LogP contribution in [0.3, 0.4) is 0 Å². The molecule has 4 rings (SSSR count). The van der Waals surface area contributed by atoms with Crippen LogP contribution < -0.4 is 16.8 Å². The highest BCUT2D eigenvalue weighted by atomic mass is 19.1. The predicted molar refractivity (Wildman–Crippen MR) is 138 cm³/mol. The number of likely N-dealkylation sites (N-methyl/N-ethyl adjacent to an activating group) is 1. The van der Waals surface area contributed by atoms with E-state index in [2.05, 4.69) is 63.5 Å². The Morgan fingerprint density at radius 2 is 2.06 bits per heavy atom. The Balaban J connectivity index is 1.76. The summed E-state index contributed by atoms with van der Waals surface area (Å²) in [6, 6.07) is 5.66. The van der Waals surface area contributed by atoms with Gasteiger partial charge in [0.1, 0.15) is 12.1 Å². The van der Waals surface area contributed by atoms with Gasteiger partial charge in [-0.2, -0.15) is 0 Å². The van der Waals surface area contributed by atoms with E-state index >= 15 is 0 Å². The molecule has 0 amide bonds. The zero-order valence-corrected chi connectivity index (χ0v) is 20.9. The van der Waals surface area contributed by atoms with Gasteiger partial charge in [-0.25, -0.2) is 9.40 Å². The lowest BCUT2D eigenvalue weighted by Gasteiger charge is -2.41. The summed E-state index contributed by atoms with van der Waals surface area (Å²) in [5.41, 5.74) is 18.5. The van der Waals surface area contributed by atoms with Crippen molar-refractivity contribution in [1.82, 2.24) is 19.8 Å². The molecule has 0 spiro atoms. The van der Waals surface area contributed by atoms with E-state index in [0.29, 0.717) is 5.69 Å². The van der Waals surface area contributed by atoms with Crippen LogP contribution >= 0.6 is 0 Å². The molecule has 8 heteroatoms. The second-order valence-electron chi connectivity index (χ2n) is 9.52. The number of piperidine rings is 1. The van der Waals surface area contributed by atoms with Crippen LogP contribution in [0, 0.1) is 5.82 Å². The summed E-state index contributed by atoms with van der Waals surface area (Å²) in [4.78, 5) is 4.27. The minimum absolute atomic E-state index is 0.123. The van der Waals surface area contributed by atoms with Gasteiger partial charge in [0.25, 0.3) is 0 Å². The molecule has 1 fully saturated rings. The second kappa shape index (κ2) is 9.92. The Kier molecular flexibility index (Phi) is 7.14. The van der Waals surface area contributed by atoms with Crippen LogP contribution in [-0.2, 0) is 0 Å². The summed E-state index contributed by atoms with van der Waals surface area (Å²) in [6.45, 7) is 3.74. The molecule has 184 valence electrons. The van der Waals surface area contributed by atoms with Crippen molar-refractivity contribution in [2.75, 3.05) is 46.6 Å². The Morgan fingerprint density at radius 3 is 2.74 bits per heavy atom. The number of nitrogens with zero attached hydrogens (tertiary/aromatic N) is 4. The highest BCUT2D eigenvalue weighted by Crippen LogP contribution is 2.35. The number of anilines is 1.